The Bertz CT molecular complexity index is 971. The first-order valence-electron chi connectivity index (χ1n) is 8.69. The van der Waals surface area contributed by atoms with Crippen LogP contribution < -0.4 is 9.47 Å². The topological polar surface area (TPSA) is 57.7 Å². The van der Waals surface area contributed by atoms with Crippen molar-refractivity contribution < 1.29 is 19.0 Å². The van der Waals surface area contributed by atoms with Crippen LogP contribution in [0.5, 0.6) is 11.5 Å². The van der Waals surface area contributed by atoms with Crippen molar-refractivity contribution in [1.29, 1.82) is 0 Å². The van der Waals surface area contributed by atoms with Crippen molar-refractivity contribution >= 4 is 18.1 Å². The van der Waals surface area contributed by atoms with E-state index in [1.807, 2.05) is 54.6 Å². The number of benzene rings is 2. The second kappa shape index (κ2) is 8.86. The van der Waals surface area contributed by atoms with Crippen LogP contribution in [0.15, 0.2) is 60.8 Å². The Morgan fingerprint density at radius 3 is 2.07 bits per heavy atom. The number of pyridine rings is 1. The molecule has 0 aliphatic heterocycles. The molecule has 0 amide bonds. The van der Waals surface area contributed by atoms with Crippen LogP contribution in [0.1, 0.15) is 21.5 Å². The van der Waals surface area contributed by atoms with E-state index in [1.165, 1.54) is 7.11 Å². The van der Waals surface area contributed by atoms with E-state index in [0.29, 0.717) is 5.56 Å². The Morgan fingerprint density at radius 2 is 1.46 bits per heavy atom. The van der Waals surface area contributed by atoms with Gasteiger partial charge in [-0.1, -0.05) is 36.4 Å². The maximum Gasteiger partial charge on any atom is 0.337 e. The van der Waals surface area contributed by atoms with E-state index >= 15 is 0 Å². The summed E-state index contributed by atoms with van der Waals surface area (Å²) >= 11 is 0. The molecule has 1 aromatic heterocycles. The summed E-state index contributed by atoms with van der Waals surface area (Å²) in [5.41, 5.74) is 4.13. The molecule has 142 valence electrons. The van der Waals surface area contributed by atoms with Gasteiger partial charge in [-0.05, 0) is 35.4 Å². The number of carbonyl (C=O) groups is 1. The van der Waals surface area contributed by atoms with Gasteiger partial charge in [-0.15, -0.1) is 0 Å². The molecule has 0 unspecified atom stereocenters. The van der Waals surface area contributed by atoms with Gasteiger partial charge in [0.15, 0.2) is 0 Å². The van der Waals surface area contributed by atoms with E-state index in [1.54, 1.807) is 32.5 Å². The fourth-order valence-electron chi connectivity index (χ4n) is 2.72. The van der Waals surface area contributed by atoms with E-state index in [4.69, 9.17) is 14.2 Å². The highest BCUT2D eigenvalue weighted by Gasteiger charge is 2.07. The molecule has 28 heavy (non-hydrogen) atoms. The second-order valence-corrected chi connectivity index (χ2v) is 6.02. The maximum atomic E-state index is 11.7. The third-order valence-corrected chi connectivity index (χ3v) is 4.23. The van der Waals surface area contributed by atoms with Crippen LogP contribution >= 0.6 is 0 Å². The monoisotopic (exact) mass is 375 g/mol. The molecule has 0 saturated heterocycles. The van der Waals surface area contributed by atoms with Crippen molar-refractivity contribution in [3.63, 3.8) is 0 Å². The zero-order valence-corrected chi connectivity index (χ0v) is 16.0. The first-order chi connectivity index (χ1) is 13.6. The molecule has 0 spiro atoms. The Labute approximate surface area is 164 Å². The lowest BCUT2D eigenvalue weighted by atomic mass is 10.1. The third-order valence-electron chi connectivity index (χ3n) is 4.23. The van der Waals surface area contributed by atoms with Gasteiger partial charge in [0.2, 0.25) is 0 Å². The molecule has 1 heterocycles. The molecule has 0 fully saturated rings. The molecule has 0 atom stereocenters. The number of esters is 1. The van der Waals surface area contributed by atoms with Crippen LogP contribution in [-0.4, -0.2) is 32.3 Å². The van der Waals surface area contributed by atoms with Gasteiger partial charge in [0.1, 0.15) is 11.5 Å². The lowest BCUT2D eigenvalue weighted by Gasteiger charge is -2.06. The third kappa shape index (κ3) is 4.57. The molecule has 3 rings (SSSR count). The van der Waals surface area contributed by atoms with Crippen molar-refractivity contribution in [2.45, 2.75) is 0 Å². The predicted molar refractivity (Wildman–Crippen MR) is 109 cm³/mol. The highest BCUT2D eigenvalue weighted by molar-refractivity contribution is 5.90. The number of methoxy groups -OCH3 is 3. The number of aromatic nitrogens is 1. The van der Waals surface area contributed by atoms with Crippen LogP contribution in [0.4, 0.5) is 0 Å². The zero-order valence-electron chi connectivity index (χ0n) is 16.0. The van der Waals surface area contributed by atoms with E-state index in [0.717, 1.165) is 33.9 Å². The second-order valence-electron chi connectivity index (χ2n) is 6.02. The average molecular weight is 375 g/mol. The smallest absolute Gasteiger partial charge is 0.337 e. The Hall–Kier alpha value is -3.60. The maximum absolute atomic E-state index is 11.7. The van der Waals surface area contributed by atoms with Gasteiger partial charge in [0.05, 0.1) is 32.6 Å². The molecule has 0 aliphatic rings. The van der Waals surface area contributed by atoms with E-state index in [9.17, 15) is 4.79 Å². The summed E-state index contributed by atoms with van der Waals surface area (Å²) < 4.78 is 15.3. The number of rotatable bonds is 6. The van der Waals surface area contributed by atoms with Crippen LogP contribution in [0.25, 0.3) is 23.4 Å². The number of ether oxygens (including phenoxy) is 3. The summed E-state index contributed by atoms with van der Waals surface area (Å²) in [5.74, 6) is 1.11. The molecular weight excluding hydrogens is 354 g/mol. The quantitative estimate of drug-likeness (QED) is 0.461. The van der Waals surface area contributed by atoms with Crippen molar-refractivity contribution in [2.24, 2.45) is 0 Å². The van der Waals surface area contributed by atoms with Crippen LogP contribution in [0, 0.1) is 0 Å². The molecule has 2 aromatic carbocycles. The predicted octanol–water partition coefficient (Wildman–Crippen LogP) is 4.72. The van der Waals surface area contributed by atoms with Gasteiger partial charge in [0.25, 0.3) is 0 Å². The normalized spacial score (nSPS) is 10.7. The van der Waals surface area contributed by atoms with Crippen LogP contribution in [-0.2, 0) is 4.74 Å². The number of hydrogen-bond donors (Lipinski definition) is 0. The molecule has 0 saturated carbocycles. The van der Waals surface area contributed by atoms with Gasteiger partial charge in [0, 0.05) is 17.8 Å². The van der Waals surface area contributed by atoms with Crippen molar-refractivity contribution in [2.75, 3.05) is 21.3 Å². The van der Waals surface area contributed by atoms with Crippen molar-refractivity contribution in [3.05, 3.63) is 77.5 Å². The molecule has 5 nitrogen and oxygen atoms in total. The van der Waals surface area contributed by atoms with Crippen molar-refractivity contribution in [3.8, 4) is 22.8 Å². The molecular formula is C23H21NO4. The minimum absolute atomic E-state index is 0.378. The number of carbonyl (C=O) groups excluding carboxylic acids is 1. The Kier molecular flexibility index (Phi) is 6.07. The highest BCUT2D eigenvalue weighted by Crippen LogP contribution is 2.24. The van der Waals surface area contributed by atoms with Gasteiger partial charge in [-0.25, -0.2) is 4.79 Å². The summed E-state index contributed by atoms with van der Waals surface area (Å²) in [6.07, 6.45) is 5.61. The number of hydrogen-bond acceptors (Lipinski definition) is 5. The first-order valence-corrected chi connectivity index (χ1v) is 8.69. The van der Waals surface area contributed by atoms with Gasteiger partial charge in [-0.3, -0.25) is 4.98 Å². The molecule has 0 aliphatic carbocycles. The summed E-state index contributed by atoms with van der Waals surface area (Å²) in [5, 5.41) is 0. The Balaban J connectivity index is 1.80. The minimum Gasteiger partial charge on any atom is -0.497 e. The van der Waals surface area contributed by atoms with E-state index in [2.05, 4.69) is 4.98 Å². The largest absolute Gasteiger partial charge is 0.497 e. The molecule has 0 bridgehead atoms. The average Bonchev–Trinajstić information content (AvgIpc) is 2.77. The van der Waals surface area contributed by atoms with Crippen molar-refractivity contribution in [1.82, 2.24) is 4.98 Å². The highest BCUT2D eigenvalue weighted by atomic mass is 16.5. The molecule has 0 radical (unpaired) electrons. The Morgan fingerprint density at radius 1 is 0.821 bits per heavy atom. The fraction of sp³-hybridized carbons (Fsp3) is 0.130. The first kappa shape index (κ1) is 19.2. The molecule has 5 heteroatoms. The minimum atomic E-state index is -0.378. The van der Waals surface area contributed by atoms with Gasteiger partial charge >= 0.3 is 5.97 Å². The molecule has 0 N–H and O–H groups in total. The summed E-state index contributed by atoms with van der Waals surface area (Å²) in [6.45, 7) is 0. The SMILES string of the molecule is COC(=O)c1ccnc(-c2ccc(/C=C/c3cc(OC)cc(OC)c3)cc2)c1. The van der Waals surface area contributed by atoms with Crippen LogP contribution in [0.2, 0.25) is 0 Å². The summed E-state index contributed by atoms with van der Waals surface area (Å²) in [4.78, 5) is 16.0. The van der Waals surface area contributed by atoms with Gasteiger partial charge < -0.3 is 14.2 Å². The zero-order chi connectivity index (χ0) is 19.9. The molecule has 3 aromatic rings. The standard InChI is InChI=1S/C23H21NO4/c1-26-20-12-17(13-21(15-20)27-2)5-4-16-6-8-18(9-7-16)22-14-19(10-11-24-22)23(25)28-3/h4-15H,1-3H3/b5-4+. The summed E-state index contributed by atoms with van der Waals surface area (Å²) in [6, 6.07) is 17.0. The van der Waals surface area contributed by atoms with E-state index in [-0.39, 0.29) is 5.97 Å². The van der Waals surface area contributed by atoms with E-state index < -0.39 is 0 Å². The lowest BCUT2D eigenvalue weighted by Crippen LogP contribution is -2.01. The lowest BCUT2D eigenvalue weighted by molar-refractivity contribution is 0.0600. The van der Waals surface area contributed by atoms with Crippen LogP contribution in [0.3, 0.4) is 0 Å². The summed E-state index contributed by atoms with van der Waals surface area (Å²) in [7, 11) is 4.62. The number of nitrogens with zero attached hydrogens (tertiary/aromatic N) is 1. The van der Waals surface area contributed by atoms with Gasteiger partial charge in [-0.2, -0.15) is 0 Å². The fourth-order valence-corrected chi connectivity index (χ4v) is 2.72.